The molecule has 0 radical (unpaired) electrons. The predicted octanol–water partition coefficient (Wildman–Crippen LogP) is -3.08. The first-order chi connectivity index (χ1) is 12.7. The second-order valence-electron chi connectivity index (χ2n) is 6.85. The molecule has 0 saturated carbocycles. The number of hydrogen-bond donors (Lipinski definition) is 7. The van der Waals surface area contributed by atoms with Crippen LogP contribution >= 0.6 is 0 Å². The lowest BCUT2D eigenvalue weighted by Gasteiger charge is -2.42. The van der Waals surface area contributed by atoms with Gasteiger partial charge in [0.25, 0.3) is 0 Å². The molecule has 0 aliphatic carbocycles. The van der Waals surface area contributed by atoms with E-state index in [4.69, 9.17) is 16.2 Å². The molecule has 27 heavy (non-hydrogen) atoms. The molecule has 144 valence electrons. The maximum Gasteiger partial charge on any atom is 0.346 e. The monoisotopic (exact) mass is 377 g/mol. The lowest BCUT2D eigenvalue weighted by Crippen LogP contribution is -2.77. The Morgan fingerprint density at radius 3 is 2.74 bits per heavy atom. The van der Waals surface area contributed by atoms with Crippen molar-refractivity contribution in [3.63, 3.8) is 0 Å². The van der Waals surface area contributed by atoms with Gasteiger partial charge in [-0.1, -0.05) is 0 Å². The number of aliphatic imine (C=N–C) groups is 1. The Hall–Kier alpha value is -3.05. The Labute approximate surface area is 154 Å². The van der Waals surface area contributed by atoms with Crippen molar-refractivity contribution in [1.29, 1.82) is 0 Å². The molecule has 9 N–H and O–H groups in total. The lowest BCUT2D eigenvalue weighted by atomic mass is 9.87. The van der Waals surface area contributed by atoms with Crippen LogP contribution in [-0.4, -0.2) is 74.5 Å². The number of carbonyl (C=O) groups is 1. The molecule has 0 aromatic heterocycles. The van der Waals surface area contributed by atoms with Crippen LogP contribution in [0.4, 0.5) is 0 Å². The van der Waals surface area contributed by atoms with Crippen LogP contribution in [0, 0.1) is 0 Å². The van der Waals surface area contributed by atoms with Gasteiger partial charge in [0.05, 0.1) is 12.1 Å². The summed E-state index contributed by atoms with van der Waals surface area (Å²) in [6.07, 6.45) is 0.0433. The summed E-state index contributed by atoms with van der Waals surface area (Å²) in [6.45, 7) is 0.160. The maximum atomic E-state index is 12.2. The number of nitrogens with two attached hydrogens (primary N) is 2. The van der Waals surface area contributed by atoms with E-state index >= 15 is 0 Å². The molecule has 1 fully saturated rings. The minimum atomic E-state index is -2.13. The van der Waals surface area contributed by atoms with Gasteiger partial charge in [0, 0.05) is 6.42 Å². The molecule has 1 saturated heterocycles. The van der Waals surface area contributed by atoms with Gasteiger partial charge in [0.15, 0.2) is 12.0 Å². The van der Waals surface area contributed by atoms with Crippen LogP contribution in [0.25, 0.3) is 0 Å². The van der Waals surface area contributed by atoms with Crippen LogP contribution in [0.3, 0.4) is 0 Å². The van der Waals surface area contributed by atoms with Crippen molar-refractivity contribution >= 4 is 17.9 Å². The second kappa shape index (κ2) is 5.72. The van der Waals surface area contributed by atoms with E-state index in [0.29, 0.717) is 0 Å². The summed E-state index contributed by atoms with van der Waals surface area (Å²) in [6, 6.07) is 4.25. The van der Waals surface area contributed by atoms with Crippen LogP contribution in [0.1, 0.15) is 16.8 Å². The van der Waals surface area contributed by atoms with Gasteiger partial charge in [-0.3, -0.25) is 11.1 Å². The van der Waals surface area contributed by atoms with Gasteiger partial charge in [-0.25, -0.2) is 14.4 Å². The zero-order chi connectivity index (χ0) is 19.4. The Kier molecular flexibility index (Phi) is 3.68. The summed E-state index contributed by atoms with van der Waals surface area (Å²) < 4.78 is 6.92. The van der Waals surface area contributed by atoms with Gasteiger partial charge >= 0.3 is 11.9 Å². The number of carbonyl (C=O) groups excluding carboxylic acids is 1. The fourth-order valence-corrected chi connectivity index (χ4v) is 3.98. The molecule has 0 amide bonds. The fourth-order valence-electron chi connectivity index (χ4n) is 3.98. The van der Waals surface area contributed by atoms with E-state index in [1.807, 2.05) is 0 Å². The number of nitrogens with zero attached hydrogens (tertiary/aromatic N) is 2. The van der Waals surface area contributed by atoms with Gasteiger partial charge in [0.2, 0.25) is 11.4 Å². The molecule has 4 rings (SSSR count). The molecule has 1 aromatic rings. The third-order valence-corrected chi connectivity index (χ3v) is 5.25. The molecule has 3 aliphatic rings. The molecule has 0 bridgehead atoms. The number of aliphatic hydroxyl groups is 2. The highest BCUT2D eigenvalue weighted by atomic mass is 16.5. The summed E-state index contributed by atoms with van der Waals surface area (Å²) in [7, 11) is 0. The molecule has 0 unspecified atom stereocenters. The van der Waals surface area contributed by atoms with Crippen molar-refractivity contribution < 1.29 is 29.4 Å². The quantitative estimate of drug-likeness (QED) is 0.163. The number of esters is 1. The molecule has 3 aliphatic heterocycles. The Balaban J connectivity index is 1.58. The van der Waals surface area contributed by atoms with Gasteiger partial charge in [-0.15, -0.1) is 0 Å². The van der Waals surface area contributed by atoms with Gasteiger partial charge in [-0.05, 0) is 24.3 Å². The summed E-state index contributed by atoms with van der Waals surface area (Å²) in [5.41, 5.74) is 10.7. The zero-order valence-electron chi connectivity index (χ0n) is 14.3. The smallest absolute Gasteiger partial charge is 0.346 e. The Morgan fingerprint density at radius 2 is 2.04 bits per heavy atom. The largest absolute Gasteiger partial charge is 0.508 e. The standard InChI is InChI=1S/C16H20N6O5/c17-13-20-11-10(7-27-12(24)8-1-3-9(23)4-2-8)19-14(18)22-6-5-15(25,26)16(11,22)21-13/h1-4,10-11,25-26H,5-7H2,(H6,17,18,19,20,21,23,24)/p+1/t10-,11-,16-/m0/s1. The van der Waals surface area contributed by atoms with Crippen LogP contribution in [0.15, 0.2) is 29.3 Å². The van der Waals surface area contributed by atoms with Gasteiger partial charge < -0.3 is 31.1 Å². The number of guanidine groups is 2. The minimum absolute atomic E-state index is 0.0372. The number of phenols is 1. The maximum absolute atomic E-state index is 12.2. The highest BCUT2D eigenvalue weighted by molar-refractivity contribution is 5.89. The normalized spacial score (nSPS) is 30.7. The van der Waals surface area contributed by atoms with Crippen molar-refractivity contribution in [2.75, 3.05) is 13.2 Å². The van der Waals surface area contributed by atoms with E-state index in [9.17, 15) is 20.1 Å². The van der Waals surface area contributed by atoms with Crippen molar-refractivity contribution in [3.8, 4) is 5.75 Å². The first kappa shape index (κ1) is 17.4. The Bertz CT molecular complexity index is 851. The molecule has 11 nitrogen and oxygen atoms in total. The molecule has 3 atom stereocenters. The van der Waals surface area contributed by atoms with E-state index in [1.165, 1.54) is 24.3 Å². The fraction of sp³-hybridized carbons (Fsp3) is 0.438. The average molecular weight is 377 g/mol. The van der Waals surface area contributed by atoms with E-state index in [2.05, 4.69) is 15.6 Å². The highest BCUT2D eigenvalue weighted by Gasteiger charge is 2.71. The van der Waals surface area contributed by atoms with Crippen LogP contribution in [-0.2, 0) is 4.74 Å². The summed E-state index contributed by atoms with van der Waals surface area (Å²) in [4.78, 5) is 16.5. The SMILES string of the molecule is NC1=N[C@H]2[C@H](COC(=O)c3ccc(O)cc3)NC(N)=[N+]3CCC(O)(O)[C@]23N1. The van der Waals surface area contributed by atoms with E-state index < -0.39 is 29.5 Å². The molecule has 3 heterocycles. The topological polar surface area (TPSA) is 178 Å². The number of benzene rings is 1. The van der Waals surface area contributed by atoms with E-state index in [-0.39, 0.29) is 42.8 Å². The summed E-state index contributed by atoms with van der Waals surface area (Å²) in [5, 5.41) is 36.3. The molecule has 1 aromatic carbocycles. The van der Waals surface area contributed by atoms with Crippen molar-refractivity contribution in [1.82, 2.24) is 10.6 Å². The van der Waals surface area contributed by atoms with Crippen LogP contribution in [0.5, 0.6) is 5.75 Å². The predicted molar refractivity (Wildman–Crippen MR) is 92.7 cm³/mol. The average Bonchev–Trinajstić information content (AvgIpc) is 3.10. The van der Waals surface area contributed by atoms with Crippen LogP contribution < -0.4 is 22.1 Å². The molecular weight excluding hydrogens is 356 g/mol. The summed E-state index contributed by atoms with van der Waals surface area (Å²) in [5.74, 6) is -2.44. The van der Waals surface area contributed by atoms with Crippen molar-refractivity contribution in [2.24, 2.45) is 16.5 Å². The lowest BCUT2D eigenvalue weighted by molar-refractivity contribution is -0.623. The van der Waals surface area contributed by atoms with E-state index in [1.54, 1.807) is 4.58 Å². The van der Waals surface area contributed by atoms with Gasteiger partial charge in [-0.2, -0.15) is 0 Å². The number of phenolic OH excluding ortho intramolecular Hbond substituents is 1. The third kappa shape index (κ3) is 2.46. The third-order valence-electron chi connectivity index (χ3n) is 5.25. The number of aromatic hydroxyl groups is 1. The van der Waals surface area contributed by atoms with Crippen molar-refractivity contribution in [3.05, 3.63) is 29.8 Å². The number of rotatable bonds is 3. The molecule has 1 spiro atoms. The minimum Gasteiger partial charge on any atom is -0.508 e. The number of ether oxygens (including phenoxy) is 1. The molecular formula is C16H21N6O5+. The highest BCUT2D eigenvalue weighted by Crippen LogP contribution is 2.40. The second-order valence-corrected chi connectivity index (χ2v) is 6.85. The zero-order valence-corrected chi connectivity index (χ0v) is 14.3. The van der Waals surface area contributed by atoms with E-state index in [0.717, 1.165) is 0 Å². The van der Waals surface area contributed by atoms with Crippen molar-refractivity contribution in [2.45, 2.75) is 30.0 Å². The molecule has 11 heteroatoms. The number of hydrogen-bond acceptors (Lipinski definition) is 10. The Morgan fingerprint density at radius 1 is 1.33 bits per heavy atom. The van der Waals surface area contributed by atoms with Crippen LogP contribution in [0.2, 0.25) is 0 Å². The van der Waals surface area contributed by atoms with Gasteiger partial charge in [0.1, 0.15) is 18.4 Å². The first-order valence-electron chi connectivity index (χ1n) is 8.43. The first-order valence-corrected chi connectivity index (χ1v) is 8.43. The summed E-state index contributed by atoms with van der Waals surface area (Å²) >= 11 is 0. The number of nitrogens with one attached hydrogen (secondary N) is 2.